The van der Waals surface area contributed by atoms with Gasteiger partial charge in [0.1, 0.15) is 0 Å². The molecule has 0 aliphatic carbocycles. The number of benzene rings is 2. The number of fused-ring (bicyclic) bond motifs is 1. The number of aromatic nitrogens is 4. The van der Waals surface area contributed by atoms with Crippen molar-refractivity contribution in [2.75, 3.05) is 16.9 Å². The van der Waals surface area contributed by atoms with E-state index in [4.69, 9.17) is 5.84 Å². The van der Waals surface area contributed by atoms with Gasteiger partial charge in [0.15, 0.2) is 5.82 Å². The predicted octanol–water partition coefficient (Wildman–Crippen LogP) is 3.49. The summed E-state index contributed by atoms with van der Waals surface area (Å²) in [5.74, 6) is 6.75. The van der Waals surface area contributed by atoms with Gasteiger partial charge in [0.2, 0.25) is 11.1 Å². The Bertz CT molecular complexity index is 1110. The molecule has 0 spiro atoms. The first-order valence-electron chi connectivity index (χ1n) is 8.79. The second-order valence-corrected chi connectivity index (χ2v) is 7.60. The van der Waals surface area contributed by atoms with E-state index in [1.165, 1.54) is 16.4 Å². The van der Waals surface area contributed by atoms with Gasteiger partial charge in [0.25, 0.3) is 0 Å². The van der Waals surface area contributed by atoms with Crippen LogP contribution in [0.5, 0.6) is 0 Å². The highest BCUT2D eigenvalue weighted by Crippen LogP contribution is 2.25. The number of amides is 1. The summed E-state index contributed by atoms with van der Waals surface area (Å²) in [6.07, 6.45) is 0. The zero-order valence-electron chi connectivity index (χ0n) is 15.6. The number of nitrogens with two attached hydrogens (primary N) is 1. The minimum absolute atomic E-state index is 0.120. The van der Waals surface area contributed by atoms with E-state index < -0.39 is 0 Å². The number of thioether (sulfide) groups is 1. The molecular weight excluding hydrogens is 372 g/mol. The van der Waals surface area contributed by atoms with Crippen LogP contribution in [0.15, 0.2) is 53.7 Å². The molecule has 0 radical (unpaired) electrons. The zero-order chi connectivity index (χ0) is 19.7. The number of aromatic amines is 1. The summed E-state index contributed by atoms with van der Waals surface area (Å²) >= 11 is 1.24. The fraction of sp³-hybridized carbons (Fsp3) is 0.150. The van der Waals surface area contributed by atoms with Crippen LogP contribution in [0, 0.1) is 13.8 Å². The van der Waals surface area contributed by atoms with Gasteiger partial charge in [0, 0.05) is 16.6 Å². The van der Waals surface area contributed by atoms with Gasteiger partial charge in [-0.25, -0.2) is 4.68 Å². The maximum atomic E-state index is 12.3. The quantitative estimate of drug-likeness (QED) is 0.356. The van der Waals surface area contributed by atoms with Crippen LogP contribution >= 0.6 is 11.8 Å². The molecular formula is C20H20N6OS. The van der Waals surface area contributed by atoms with Crippen LogP contribution in [0.25, 0.3) is 22.4 Å². The molecule has 0 fully saturated rings. The lowest BCUT2D eigenvalue weighted by Gasteiger charge is -2.07. The minimum atomic E-state index is -0.120. The number of hydrogen-bond acceptors (Lipinski definition) is 5. The van der Waals surface area contributed by atoms with E-state index in [0.717, 1.165) is 33.4 Å². The number of carbonyl (C=O) groups is 1. The fourth-order valence-corrected chi connectivity index (χ4v) is 3.78. The summed E-state index contributed by atoms with van der Waals surface area (Å²) in [6, 6.07) is 15.9. The minimum Gasteiger partial charge on any atom is -0.352 e. The van der Waals surface area contributed by atoms with Crippen LogP contribution in [-0.4, -0.2) is 31.5 Å². The number of para-hydroxylation sites is 1. The number of nitrogens with zero attached hydrogens (tertiary/aromatic N) is 3. The summed E-state index contributed by atoms with van der Waals surface area (Å²) in [7, 11) is 0. The number of nitrogens with one attached hydrogen (secondary N) is 2. The summed E-state index contributed by atoms with van der Waals surface area (Å²) in [4.78, 5) is 15.6. The third-order valence-corrected chi connectivity index (χ3v) is 5.22. The van der Waals surface area contributed by atoms with Gasteiger partial charge in [-0.3, -0.25) is 4.79 Å². The molecule has 0 aliphatic rings. The number of nitrogen functional groups attached to an aromatic ring is 1. The molecule has 1 amide bonds. The Kier molecular flexibility index (Phi) is 4.79. The lowest BCUT2D eigenvalue weighted by molar-refractivity contribution is -0.113. The Morgan fingerprint density at radius 1 is 1.14 bits per heavy atom. The van der Waals surface area contributed by atoms with Crippen LogP contribution < -0.4 is 11.2 Å². The Hall–Kier alpha value is -3.26. The average Bonchev–Trinajstić information content (AvgIpc) is 3.22. The molecule has 4 rings (SSSR count). The van der Waals surface area contributed by atoms with Gasteiger partial charge in [-0.15, -0.1) is 10.2 Å². The normalized spacial score (nSPS) is 11.1. The zero-order valence-corrected chi connectivity index (χ0v) is 16.4. The molecule has 142 valence electrons. The Morgan fingerprint density at radius 3 is 2.64 bits per heavy atom. The van der Waals surface area contributed by atoms with Gasteiger partial charge in [-0.05, 0) is 49.2 Å². The molecule has 8 heteroatoms. The molecule has 7 nitrogen and oxygen atoms in total. The maximum absolute atomic E-state index is 12.3. The van der Waals surface area contributed by atoms with Crippen molar-refractivity contribution in [1.29, 1.82) is 0 Å². The molecule has 4 N–H and O–H groups in total. The van der Waals surface area contributed by atoms with Crippen molar-refractivity contribution in [3.05, 3.63) is 59.7 Å². The first-order valence-corrected chi connectivity index (χ1v) is 9.78. The standard InChI is InChI=1S/C20H20N6OS/c1-12-7-13(2)9-15(8-12)22-18(27)11-28-20-25-24-19(26(20)21)17-10-14-5-3-4-6-16(14)23-17/h3-10,23H,11,21H2,1-2H3,(H,22,27). The topological polar surface area (TPSA) is 102 Å². The first-order chi connectivity index (χ1) is 13.5. The summed E-state index contributed by atoms with van der Waals surface area (Å²) < 4.78 is 1.40. The van der Waals surface area contributed by atoms with Crippen molar-refractivity contribution in [2.45, 2.75) is 19.0 Å². The van der Waals surface area contributed by atoms with Crippen LogP contribution in [0.4, 0.5) is 5.69 Å². The van der Waals surface area contributed by atoms with E-state index in [1.807, 2.05) is 56.3 Å². The van der Waals surface area contributed by atoms with E-state index in [-0.39, 0.29) is 11.7 Å². The van der Waals surface area contributed by atoms with Crippen LogP contribution in [0.2, 0.25) is 0 Å². The van der Waals surface area contributed by atoms with Crippen LogP contribution in [-0.2, 0) is 4.79 Å². The number of aryl methyl sites for hydroxylation is 2. The van der Waals surface area contributed by atoms with E-state index in [1.54, 1.807) is 0 Å². The summed E-state index contributed by atoms with van der Waals surface area (Å²) in [5, 5.41) is 12.7. The van der Waals surface area contributed by atoms with Crippen LogP contribution in [0.3, 0.4) is 0 Å². The molecule has 2 heterocycles. The average molecular weight is 392 g/mol. The highest BCUT2D eigenvalue weighted by molar-refractivity contribution is 7.99. The number of anilines is 1. The second kappa shape index (κ2) is 7.40. The molecule has 28 heavy (non-hydrogen) atoms. The highest BCUT2D eigenvalue weighted by atomic mass is 32.2. The molecule has 0 aliphatic heterocycles. The van der Waals surface area contributed by atoms with Crippen molar-refractivity contribution >= 4 is 34.3 Å². The molecule has 0 atom stereocenters. The summed E-state index contributed by atoms with van der Waals surface area (Å²) in [5.41, 5.74) is 4.78. The van der Waals surface area contributed by atoms with Crippen molar-refractivity contribution in [1.82, 2.24) is 19.9 Å². The Balaban J connectivity index is 1.45. The third kappa shape index (κ3) is 3.72. The molecule has 4 aromatic rings. The first kappa shape index (κ1) is 18.1. The molecule has 2 aromatic carbocycles. The van der Waals surface area contributed by atoms with E-state index in [0.29, 0.717) is 11.0 Å². The molecule has 0 saturated heterocycles. The van der Waals surface area contributed by atoms with Gasteiger partial charge in [-0.2, -0.15) is 0 Å². The second-order valence-electron chi connectivity index (χ2n) is 6.66. The summed E-state index contributed by atoms with van der Waals surface area (Å²) in [6.45, 7) is 4.00. The molecule has 0 bridgehead atoms. The van der Waals surface area contributed by atoms with Gasteiger partial charge in [-0.1, -0.05) is 36.0 Å². The molecule has 0 unspecified atom stereocenters. The lowest BCUT2D eigenvalue weighted by atomic mass is 10.1. The van der Waals surface area contributed by atoms with Gasteiger partial charge in [0.05, 0.1) is 11.4 Å². The number of carbonyl (C=O) groups excluding carboxylic acids is 1. The Labute approximate surface area is 166 Å². The smallest absolute Gasteiger partial charge is 0.234 e. The fourth-order valence-electron chi connectivity index (χ4n) is 3.13. The van der Waals surface area contributed by atoms with Crippen molar-refractivity contribution in [2.24, 2.45) is 0 Å². The maximum Gasteiger partial charge on any atom is 0.234 e. The number of hydrogen-bond donors (Lipinski definition) is 3. The highest BCUT2D eigenvalue weighted by Gasteiger charge is 2.15. The van der Waals surface area contributed by atoms with E-state index >= 15 is 0 Å². The van der Waals surface area contributed by atoms with Crippen molar-refractivity contribution < 1.29 is 4.79 Å². The van der Waals surface area contributed by atoms with Crippen molar-refractivity contribution in [3.63, 3.8) is 0 Å². The lowest BCUT2D eigenvalue weighted by Crippen LogP contribution is -2.16. The van der Waals surface area contributed by atoms with Crippen molar-refractivity contribution in [3.8, 4) is 11.5 Å². The van der Waals surface area contributed by atoms with E-state index in [2.05, 4.69) is 26.6 Å². The molecule has 2 aromatic heterocycles. The van der Waals surface area contributed by atoms with Gasteiger partial charge < -0.3 is 16.1 Å². The predicted molar refractivity (Wildman–Crippen MR) is 113 cm³/mol. The largest absolute Gasteiger partial charge is 0.352 e. The number of rotatable bonds is 5. The van der Waals surface area contributed by atoms with Gasteiger partial charge >= 0.3 is 0 Å². The van der Waals surface area contributed by atoms with Crippen LogP contribution in [0.1, 0.15) is 11.1 Å². The molecule has 0 saturated carbocycles. The SMILES string of the molecule is Cc1cc(C)cc(NC(=O)CSc2nnc(-c3cc4ccccc4[nH]3)n2N)c1. The Morgan fingerprint density at radius 2 is 1.89 bits per heavy atom. The monoisotopic (exact) mass is 392 g/mol. The van der Waals surface area contributed by atoms with E-state index in [9.17, 15) is 4.79 Å². The third-order valence-electron chi connectivity index (χ3n) is 4.27. The number of H-pyrrole nitrogens is 1.